The highest BCUT2D eigenvalue weighted by molar-refractivity contribution is 7.26. The van der Waals surface area contributed by atoms with Crippen LogP contribution in [0.3, 0.4) is 0 Å². The Labute approximate surface area is 255 Å². The zero-order valence-corrected chi connectivity index (χ0v) is 24.2. The van der Waals surface area contributed by atoms with E-state index in [9.17, 15) is 0 Å². The lowest BCUT2D eigenvalue weighted by Gasteiger charge is -2.10. The maximum absolute atomic E-state index is 6.06. The fourth-order valence-electron chi connectivity index (χ4n) is 6.91. The molecule has 204 valence electrons. The van der Waals surface area contributed by atoms with Crippen LogP contribution in [0.2, 0.25) is 0 Å². The first-order chi connectivity index (χ1) is 21.8. The first kappa shape index (κ1) is 23.9. The zero-order chi connectivity index (χ0) is 28.8. The molecule has 10 aromatic rings. The first-order valence-electron chi connectivity index (χ1n) is 14.7. The Bertz CT molecular complexity index is 2790. The average Bonchev–Trinajstić information content (AvgIpc) is 3.65. The van der Waals surface area contributed by atoms with Crippen LogP contribution in [0.5, 0.6) is 0 Å². The summed E-state index contributed by atoms with van der Waals surface area (Å²) in [6, 6.07) is 45.3. The second-order valence-corrected chi connectivity index (χ2v) is 12.4. The van der Waals surface area contributed by atoms with Gasteiger partial charge < -0.3 is 4.42 Å². The van der Waals surface area contributed by atoms with Gasteiger partial charge >= 0.3 is 0 Å². The fraction of sp³-hybridized carbons (Fsp3) is 0. The van der Waals surface area contributed by atoms with Gasteiger partial charge in [0.05, 0.1) is 5.69 Å². The topological polar surface area (TPSA) is 38.9 Å². The molecule has 3 heterocycles. The van der Waals surface area contributed by atoms with Gasteiger partial charge in [0.25, 0.3) is 0 Å². The van der Waals surface area contributed by atoms with Crippen LogP contribution in [-0.2, 0) is 0 Å². The number of nitrogens with zero attached hydrogens (tertiary/aromatic N) is 2. The molecule has 0 atom stereocenters. The quantitative estimate of drug-likeness (QED) is 0.192. The Morgan fingerprint density at radius 3 is 1.93 bits per heavy atom. The molecule has 0 N–H and O–H groups in total. The van der Waals surface area contributed by atoms with Crippen molar-refractivity contribution in [3.05, 3.63) is 134 Å². The second-order valence-electron chi connectivity index (χ2n) is 11.3. The summed E-state index contributed by atoms with van der Waals surface area (Å²) in [6.45, 7) is 0. The van der Waals surface area contributed by atoms with Crippen LogP contribution >= 0.6 is 11.3 Å². The molecule has 0 radical (unpaired) electrons. The van der Waals surface area contributed by atoms with E-state index >= 15 is 0 Å². The predicted octanol–water partition coefficient (Wildman–Crippen LogP) is 11.5. The van der Waals surface area contributed by atoms with E-state index in [1.54, 1.807) is 0 Å². The van der Waals surface area contributed by atoms with Gasteiger partial charge in [-0.25, -0.2) is 9.97 Å². The summed E-state index contributed by atoms with van der Waals surface area (Å²) in [5, 5.41) is 12.5. The van der Waals surface area contributed by atoms with Crippen LogP contribution in [0.1, 0.15) is 0 Å². The van der Waals surface area contributed by atoms with Crippen molar-refractivity contribution >= 4 is 85.8 Å². The van der Waals surface area contributed by atoms with Crippen molar-refractivity contribution in [2.75, 3.05) is 0 Å². The number of benzene rings is 7. The van der Waals surface area contributed by atoms with Crippen molar-refractivity contribution in [3.63, 3.8) is 0 Å². The largest absolute Gasteiger partial charge is 0.456 e. The van der Waals surface area contributed by atoms with Crippen molar-refractivity contribution in [2.45, 2.75) is 0 Å². The smallest absolute Gasteiger partial charge is 0.161 e. The highest BCUT2D eigenvalue weighted by Gasteiger charge is 2.16. The van der Waals surface area contributed by atoms with Crippen LogP contribution in [0, 0.1) is 0 Å². The summed E-state index contributed by atoms with van der Waals surface area (Å²) in [4.78, 5) is 9.88. The van der Waals surface area contributed by atoms with Crippen LogP contribution in [0.15, 0.2) is 138 Å². The lowest BCUT2D eigenvalue weighted by Crippen LogP contribution is -1.91. The molecule has 0 saturated carbocycles. The van der Waals surface area contributed by atoms with Gasteiger partial charge in [0.2, 0.25) is 0 Å². The summed E-state index contributed by atoms with van der Waals surface area (Å²) < 4.78 is 8.54. The SMILES string of the molecule is c1ccc2c(c1)oc1ccc(-c3ccnc(-c4cccc5c4sc4cc6c7ccccc7c7ccccc7c6cc45)n3)cc12. The van der Waals surface area contributed by atoms with Crippen LogP contribution < -0.4 is 0 Å². The van der Waals surface area contributed by atoms with Crippen molar-refractivity contribution in [1.82, 2.24) is 9.97 Å². The number of para-hydroxylation sites is 1. The van der Waals surface area contributed by atoms with Gasteiger partial charge in [0.1, 0.15) is 11.2 Å². The third-order valence-corrected chi connectivity index (χ3v) is 10.1. The lowest BCUT2D eigenvalue weighted by atomic mass is 9.93. The van der Waals surface area contributed by atoms with E-state index in [4.69, 9.17) is 14.4 Å². The van der Waals surface area contributed by atoms with Gasteiger partial charge in [-0.3, -0.25) is 0 Å². The summed E-state index contributed by atoms with van der Waals surface area (Å²) in [5.74, 6) is 0.734. The summed E-state index contributed by atoms with van der Waals surface area (Å²) in [5.41, 5.74) is 4.77. The van der Waals surface area contributed by atoms with E-state index in [1.165, 1.54) is 52.5 Å². The Morgan fingerprint density at radius 1 is 0.477 bits per heavy atom. The third-order valence-electron chi connectivity index (χ3n) is 8.93. The van der Waals surface area contributed by atoms with E-state index in [2.05, 4.69) is 97.1 Å². The molecular formula is C40H22N2OS. The molecule has 3 nitrogen and oxygen atoms in total. The highest BCUT2D eigenvalue weighted by atomic mass is 32.1. The number of aromatic nitrogens is 2. The molecule has 44 heavy (non-hydrogen) atoms. The fourth-order valence-corrected chi connectivity index (χ4v) is 8.14. The molecular weight excluding hydrogens is 557 g/mol. The molecule has 0 saturated heterocycles. The molecule has 0 spiro atoms. The molecule has 7 aromatic carbocycles. The van der Waals surface area contributed by atoms with E-state index in [-0.39, 0.29) is 0 Å². The second kappa shape index (κ2) is 8.96. The van der Waals surface area contributed by atoms with Crippen molar-refractivity contribution in [1.29, 1.82) is 0 Å². The van der Waals surface area contributed by atoms with Crippen LogP contribution in [-0.4, -0.2) is 9.97 Å². The molecule has 0 aliphatic heterocycles. The van der Waals surface area contributed by atoms with Crippen molar-refractivity contribution in [2.24, 2.45) is 0 Å². The van der Waals surface area contributed by atoms with E-state index < -0.39 is 0 Å². The monoisotopic (exact) mass is 578 g/mol. The minimum Gasteiger partial charge on any atom is -0.456 e. The minimum atomic E-state index is 0.734. The number of fused-ring (bicyclic) bond motifs is 12. The third kappa shape index (κ3) is 3.37. The molecule has 3 aromatic heterocycles. The minimum absolute atomic E-state index is 0.734. The Balaban J connectivity index is 1.18. The number of rotatable bonds is 2. The summed E-state index contributed by atoms with van der Waals surface area (Å²) >= 11 is 1.83. The Morgan fingerprint density at radius 2 is 1.14 bits per heavy atom. The number of hydrogen-bond donors (Lipinski definition) is 0. The predicted molar refractivity (Wildman–Crippen MR) is 186 cm³/mol. The first-order valence-corrected chi connectivity index (χ1v) is 15.6. The van der Waals surface area contributed by atoms with Gasteiger partial charge in [-0.05, 0) is 80.8 Å². The molecule has 0 fully saturated rings. The lowest BCUT2D eigenvalue weighted by molar-refractivity contribution is 0.669. The Hall–Kier alpha value is -5.58. The molecule has 0 bridgehead atoms. The van der Waals surface area contributed by atoms with Crippen LogP contribution in [0.4, 0.5) is 0 Å². The molecule has 10 rings (SSSR count). The normalized spacial score (nSPS) is 12.1. The van der Waals surface area contributed by atoms with Crippen molar-refractivity contribution in [3.8, 4) is 22.6 Å². The van der Waals surface area contributed by atoms with Gasteiger partial charge in [0, 0.05) is 48.3 Å². The van der Waals surface area contributed by atoms with Crippen molar-refractivity contribution < 1.29 is 4.42 Å². The molecule has 0 aliphatic carbocycles. The van der Waals surface area contributed by atoms with Crippen LogP contribution in [0.25, 0.3) is 97.1 Å². The number of furan rings is 1. The van der Waals surface area contributed by atoms with Gasteiger partial charge in [-0.2, -0.15) is 0 Å². The maximum Gasteiger partial charge on any atom is 0.161 e. The van der Waals surface area contributed by atoms with E-state index in [1.807, 2.05) is 47.9 Å². The average molecular weight is 579 g/mol. The van der Waals surface area contributed by atoms with Gasteiger partial charge in [-0.1, -0.05) is 78.9 Å². The number of thiophene rings is 1. The molecule has 0 unspecified atom stereocenters. The zero-order valence-electron chi connectivity index (χ0n) is 23.4. The standard InChI is InChI=1S/C40H22N2OS/c1-3-10-26-24(8-1)25-9-2-4-11-27(25)32-22-38-34(21-31(26)32)29-13-7-14-30(39(29)44-38)40-41-19-18-35(42-40)23-16-17-37-33(20-23)28-12-5-6-15-36(28)43-37/h1-22H. The number of hydrogen-bond acceptors (Lipinski definition) is 4. The highest BCUT2D eigenvalue weighted by Crippen LogP contribution is 2.44. The molecule has 4 heteroatoms. The van der Waals surface area contributed by atoms with E-state index in [0.717, 1.165) is 44.6 Å². The summed E-state index contributed by atoms with van der Waals surface area (Å²) in [7, 11) is 0. The maximum atomic E-state index is 6.06. The molecule has 0 amide bonds. The molecule has 0 aliphatic rings. The summed E-state index contributed by atoms with van der Waals surface area (Å²) in [6.07, 6.45) is 1.87. The van der Waals surface area contributed by atoms with Gasteiger partial charge in [0.15, 0.2) is 5.82 Å². The van der Waals surface area contributed by atoms with E-state index in [0.29, 0.717) is 0 Å². The Kier molecular flexibility index (Phi) is 4.87. The van der Waals surface area contributed by atoms with Gasteiger partial charge in [-0.15, -0.1) is 11.3 Å².